The minimum atomic E-state index is -0.719. The number of carbonyl (C=O) groups is 1. The van der Waals surface area contributed by atoms with Gasteiger partial charge < -0.3 is 5.11 Å². The highest BCUT2D eigenvalue weighted by atomic mass is 16.4. The Morgan fingerprint density at radius 3 is 2.58 bits per heavy atom. The molecule has 0 radical (unpaired) electrons. The van der Waals surface area contributed by atoms with Crippen LogP contribution in [0.3, 0.4) is 0 Å². The van der Waals surface area contributed by atoms with Crippen molar-refractivity contribution in [3.8, 4) is 0 Å². The summed E-state index contributed by atoms with van der Waals surface area (Å²) >= 11 is 0. The smallest absolute Gasteiger partial charge is 0.323 e. The Bertz CT molecular complexity index is 454. The molecular weight excluding hydrogens is 238 g/mol. The Kier molecular flexibility index (Phi) is 3.95. The molecular formula is C16H23NO2. The summed E-state index contributed by atoms with van der Waals surface area (Å²) in [5, 5.41) is 9.48. The van der Waals surface area contributed by atoms with E-state index in [2.05, 4.69) is 43.0 Å². The van der Waals surface area contributed by atoms with Crippen molar-refractivity contribution in [1.82, 2.24) is 4.90 Å². The summed E-state index contributed by atoms with van der Waals surface area (Å²) < 4.78 is 0. The minimum absolute atomic E-state index is 0.148. The maximum Gasteiger partial charge on any atom is 0.323 e. The third-order valence-electron chi connectivity index (χ3n) is 4.50. The van der Waals surface area contributed by atoms with Crippen molar-refractivity contribution in [2.24, 2.45) is 0 Å². The fraction of sp³-hybridized carbons (Fsp3) is 0.562. The van der Waals surface area contributed by atoms with Crippen LogP contribution in [-0.4, -0.2) is 28.1 Å². The highest BCUT2D eigenvalue weighted by molar-refractivity contribution is 5.78. The maximum atomic E-state index is 11.5. The Morgan fingerprint density at radius 2 is 2.05 bits per heavy atom. The van der Waals surface area contributed by atoms with Crippen LogP contribution in [-0.2, 0) is 11.2 Å². The molecule has 104 valence electrons. The monoisotopic (exact) mass is 261 g/mol. The van der Waals surface area contributed by atoms with Gasteiger partial charge in [0.1, 0.15) is 5.54 Å². The Hall–Kier alpha value is -1.35. The lowest BCUT2D eigenvalue weighted by Crippen LogP contribution is -2.48. The lowest BCUT2D eigenvalue weighted by molar-refractivity contribution is -0.149. The molecule has 19 heavy (non-hydrogen) atoms. The third-order valence-corrected chi connectivity index (χ3v) is 4.50. The molecule has 1 aromatic carbocycles. The molecule has 1 N–H and O–H groups in total. The van der Waals surface area contributed by atoms with Crippen molar-refractivity contribution in [1.29, 1.82) is 0 Å². The second kappa shape index (κ2) is 5.33. The molecule has 1 fully saturated rings. The van der Waals surface area contributed by atoms with Gasteiger partial charge in [-0.25, -0.2) is 0 Å². The molecule has 1 heterocycles. The summed E-state index contributed by atoms with van der Waals surface area (Å²) in [5.41, 5.74) is 1.80. The fourth-order valence-corrected chi connectivity index (χ4v) is 3.05. The summed E-state index contributed by atoms with van der Waals surface area (Å²) in [4.78, 5) is 13.6. The van der Waals surface area contributed by atoms with Crippen LogP contribution in [0.25, 0.3) is 0 Å². The third kappa shape index (κ3) is 2.52. The van der Waals surface area contributed by atoms with Crippen molar-refractivity contribution in [2.75, 3.05) is 6.54 Å². The SMILES string of the molecule is CCc1ccc(C(C)N2CCCC2(C)C(=O)O)cc1. The van der Waals surface area contributed by atoms with Gasteiger partial charge in [-0.05, 0) is 50.8 Å². The standard InChI is InChI=1S/C16H23NO2/c1-4-13-6-8-14(9-7-13)12(2)17-11-5-10-16(17,3)15(18)19/h6-9,12H,4-5,10-11H2,1-3H3,(H,18,19). The average molecular weight is 261 g/mol. The number of aliphatic carboxylic acids is 1. The molecule has 2 rings (SSSR count). The topological polar surface area (TPSA) is 40.5 Å². The van der Waals surface area contributed by atoms with E-state index in [0.717, 1.165) is 25.8 Å². The molecule has 3 nitrogen and oxygen atoms in total. The van der Waals surface area contributed by atoms with Crippen LogP contribution in [0.5, 0.6) is 0 Å². The van der Waals surface area contributed by atoms with Gasteiger partial charge in [-0.3, -0.25) is 9.69 Å². The number of nitrogens with zero attached hydrogens (tertiary/aromatic N) is 1. The average Bonchev–Trinajstić information content (AvgIpc) is 2.81. The van der Waals surface area contributed by atoms with E-state index in [1.165, 1.54) is 11.1 Å². The quantitative estimate of drug-likeness (QED) is 0.904. The van der Waals surface area contributed by atoms with Gasteiger partial charge in [-0.15, -0.1) is 0 Å². The predicted molar refractivity (Wildman–Crippen MR) is 76.2 cm³/mol. The lowest BCUT2D eigenvalue weighted by Gasteiger charge is -2.36. The first-order chi connectivity index (χ1) is 8.99. The van der Waals surface area contributed by atoms with E-state index in [4.69, 9.17) is 0 Å². The molecule has 1 aliphatic rings. The Labute approximate surface area is 115 Å². The van der Waals surface area contributed by atoms with E-state index < -0.39 is 11.5 Å². The van der Waals surface area contributed by atoms with Crippen LogP contribution in [0.2, 0.25) is 0 Å². The zero-order chi connectivity index (χ0) is 14.0. The van der Waals surface area contributed by atoms with Crippen LogP contribution in [0.4, 0.5) is 0 Å². The molecule has 0 aliphatic carbocycles. The van der Waals surface area contributed by atoms with E-state index >= 15 is 0 Å². The van der Waals surface area contributed by atoms with Crippen molar-refractivity contribution >= 4 is 5.97 Å². The normalized spacial score (nSPS) is 25.4. The minimum Gasteiger partial charge on any atom is -0.480 e. The second-order valence-electron chi connectivity index (χ2n) is 5.65. The van der Waals surface area contributed by atoms with Gasteiger partial charge in [0.15, 0.2) is 0 Å². The number of aryl methyl sites for hydroxylation is 1. The first-order valence-corrected chi connectivity index (χ1v) is 7.08. The lowest BCUT2D eigenvalue weighted by atomic mass is 9.95. The maximum absolute atomic E-state index is 11.5. The van der Waals surface area contributed by atoms with Crippen LogP contribution in [0.15, 0.2) is 24.3 Å². The zero-order valence-corrected chi connectivity index (χ0v) is 12.0. The number of hydrogen-bond acceptors (Lipinski definition) is 2. The van der Waals surface area contributed by atoms with Crippen molar-refractivity contribution in [2.45, 2.75) is 51.6 Å². The molecule has 3 heteroatoms. The summed E-state index contributed by atoms with van der Waals surface area (Å²) in [6.07, 6.45) is 2.73. The Morgan fingerprint density at radius 1 is 1.42 bits per heavy atom. The van der Waals surface area contributed by atoms with Crippen LogP contribution in [0, 0.1) is 0 Å². The molecule has 1 aromatic rings. The van der Waals surface area contributed by atoms with E-state index in [9.17, 15) is 9.90 Å². The van der Waals surface area contributed by atoms with Gasteiger partial charge in [0.05, 0.1) is 0 Å². The highest BCUT2D eigenvalue weighted by Crippen LogP contribution is 2.36. The van der Waals surface area contributed by atoms with E-state index in [-0.39, 0.29) is 6.04 Å². The van der Waals surface area contributed by atoms with Crippen molar-refractivity contribution in [3.63, 3.8) is 0 Å². The first kappa shape index (κ1) is 14.1. The first-order valence-electron chi connectivity index (χ1n) is 7.08. The van der Waals surface area contributed by atoms with Gasteiger partial charge in [-0.2, -0.15) is 0 Å². The number of carboxylic acids is 1. The van der Waals surface area contributed by atoms with Gasteiger partial charge in [0.25, 0.3) is 0 Å². The molecule has 0 spiro atoms. The van der Waals surface area contributed by atoms with Gasteiger partial charge in [0, 0.05) is 6.04 Å². The summed E-state index contributed by atoms with van der Waals surface area (Å²) in [5.74, 6) is -0.706. The van der Waals surface area contributed by atoms with E-state index in [1.807, 2.05) is 6.92 Å². The summed E-state index contributed by atoms with van der Waals surface area (Å²) in [6.45, 7) is 6.95. The van der Waals surface area contributed by atoms with Crippen molar-refractivity contribution < 1.29 is 9.90 Å². The number of likely N-dealkylation sites (tertiary alicyclic amines) is 1. The molecule has 0 amide bonds. The largest absolute Gasteiger partial charge is 0.480 e. The van der Waals surface area contributed by atoms with Crippen molar-refractivity contribution in [3.05, 3.63) is 35.4 Å². The summed E-state index contributed by atoms with van der Waals surface area (Å²) in [7, 11) is 0. The second-order valence-corrected chi connectivity index (χ2v) is 5.65. The number of carboxylic acid groups (broad SMARTS) is 1. The van der Waals surface area contributed by atoms with Gasteiger partial charge in [0.2, 0.25) is 0 Å². The Balaban J connectivity index is 2.22. The van der Waals surface area contributed by atoms with Crippen LogP contribution < -0.4 is 0 Å². The molecule has 2 atom stereocenters. The van der Waals surface area contributed by atoms with Gasteiger partial charge in [-0.1, -0.05) is 31.2 Å². The molecule has 0 aromatic heterocycles. The number of hydrogen-bond donors (Lipinski definition) is 1. The zero-order valence-electron chi connectivity index (χ0n) is 12.0. The van der Waals surface area contributed by atoms with E-state index in [1.54, 1.807) is 0 Å². The molecule has 1 saturated heterocycles. The van der Waals surface area contributed by atoms with Crippen LogP contribution >= 0.6 is 0 Å². The van der Waals surface area contributed by atoms with E-state index in [0.29, 0.717) is 0 Å². The highest BCUT2D eigenvalue weighted by Gasteiger charge is 2.45. The van der Waals surface area contributed by atoms with Gasteiger partial charge >= 0.3 is 5.97 Å². The molecule has 2 unspecified atom stereocenters. The number of rotatable bonds is 4. The predicted octanol–water partition coefficient (Wildman–Crippen LogP) is 3.25. The van der Waals surface area contributed by atoms with Crippen LogP contribution in [0.1, 0.15) is 50.8 Å². The molecule has 0 bridgehead atoms. The number of benzene rings is 1. The fourth-order valence-electron chi connectivity index (χ4n) is 3.05. The summed E-state index contributed by atoms with van der Waals surface area (Å²) in [6, 6.07) is 8.68. The molecule has 0 saturated carbocycles. The molecule has 1 aliphatic heterocycles.